The Bertz CT molecular complexity index is 491. The van der Waals surface area contributed by atoms with E-state index in [1.165, 1.54) is 12.1 Å². The van der Waals surface area contributed by atoms with Crippen molar-refractivity contribution in [2.24, 2.45) is 0 Å². The Hall–Kier alpha value is -1.37. The first-order chi connectivity index (χ1) is 8.26. The van der Waals surface area contributed by atoms with Gasteiger partial charge in [-0.2, -0.15) is 8.78 Å². The lowest BCUT2D eigenvalue weighted by molar-refractivity contribution is -0.0498. The van der Waals surface area contributed by atoms with Gasteiger partial charge in [-0.15, -0.1) is 0 Å². The lowest BCUT2D eigenvalue weighted by Crippen LogP contribution is -2.24. The molecule has 1 aromatic rings. The van der Waals surface area contributed by atoms with Crippen molar-refractivity contribution in [2.45, 2.75) is 19.6 Å². The van der Waals surface area contributed by atoms with Gasteiger partial charge in [0.1, 0.15) is 15.6 Å². The van der Waals surface area contributed by atoms with Crippen molar-refractivity contribution in [3.63, 3.8) is 0 Å². The molecule has 0 radical (unpaired) electrons. The van der Waals surface area contributed by atoms with E-state index in [2.05, 4.69) is 10.1 Å². The summed E-state index contributed by atoms with van der Waals surface area (Å²) in [6, 6.07) is 5.68. The van der Waals surface area contributed by atoms with Crippen LogP contribution in [0.25, 0.3) is 0 Å². The number of rotatable bonds is 6. The minimum absolute atomic E-state index is 0.0292. The van der Waals surface area contributed by atoms with Crippen LogP contribution in [-0.4, -0.2) is 33.1 Å². The average Bonchev–Trinajstić information content (AvgIpc) is 2.13. The lowest BCUT2D eigenvalue weighted by Gasteiger charge is -2.15. The standard InChI is InChI=1S/C11H15F2NO3S/c1-8(7-18(2,15)16)14-9-4-3-5-10(6-9)17-11(12)13/h3-6,8,11,14H,7H2,1-2H3. The number of hydrogen-bond acceptors (Lipinski definition) is 4. The van der Waals surface area contributed by atoms with Crippen LogP contribution in [0.2, 0.25) is 0 Å². The average molecular weight is 279 g/mol. The topological polar surface area (TPSA) is 55.4 Å². The predicted octanol–water partition coefficient (Wildman–Crippen LogP) is 2.13. The molecule has 18 heavy (non-hydrogen) atoms. The maximum Gasteiger partial charge on any atom is 0.387 e. The fourth-order valence-electron chi connectivity index (χ4n) is 1.54. The molecule has 0 aliphatic carbocycles. The second-order valence-electron chi connectivity index (χ2n) is 4.04. The lowest BCUT2D eigenvalue weighted by atomic mass is 10.2. The Balaban J connectivity index is 2.67. The Labute approximate surface area is 105 Å². The van der Waals surface area contributed by atoms with Gasteiger partial charge in [-0.3, -0.25) is 0 Å². The van der Waals surface area contributed by atoms with Gasteiger partial charge in [0.2, 0.25) is 0 Å². The van der Waals surface area contributed by atoms with E-state index in [0.29, 0.717) is 5.69 Å². The van der Waals surface area contributed by atoms with Crippen LogP contribution in [0, 0.1) is 0 Å². The molecule has 0 aliphatic rings. The van der Waals surface area contributed by atoms with Crippen molar-refractivity contribution in [1.82, 2.24) is 0 Å². The molecule has 1 rings (SSSR count). The number of halogens is 2. The molecule has 0 heterocycles. The molecule has 0 aromatic heterocycles. The van der Waals surface area contributed by atoms with Crippen molar-refractivity contribution in [1.29, 1.82) is 0 Å². The van der Waals surface area contributed by atoms with E-state index >= 15 is 0 Å². The largest absolute Gasteiger partial charge is 0.435 e. The highest BCUT2D eigenvalue weighted by atomic mass is 32.2. The van der Waals surface area contributed by atoms with E-state index in [4.69, 9.17) is 0 Å². The Morgan fingerprint density at radius 2 is 2.06 bits per heavy atom. The second-order valence-corrected chi connectivity index (χ2v) is 6.23. The van der Waals surface area contributed by atoms with Gasteiger partial charge in [0.05, 0.1) is 5.75 Å². The number of alkyl halides is 2. The highest BCUT2D eigenvalue weighted by Gasteiger charge is 2.11. The molecule has 0 bridgehead atoms. The van der Waals surface area contributed by atoms with Crippen LogP contribution in [0.15, 0.2) is 24.3 Å². The van der Waals surface area contributed by atoms with Crippen molar-refractivity contribution in [3.05, 3.63) is 24.3 Å². The summed E-state index contributed by atoms with van der Waals surface area (Å²) in [5, 5.41) is 2.91. The van der Waals surface area contributed by atoms with E-state index in [-0.39, 0.29) is 17.5 Å². The molecule has 0 fully saturated rings. The van der Waals surface area contributed by atoms with Crippen LogP contribution in [0.3, 0.4) is 0 Å². The second kappa shape index (κ2) is 5.99. The fourth-order valence-corrected chi connectivity index (χ4v) is 2.53. The first-order valence-corrected chi connectivity index (χ1v) is 7.31. The summed E-state index contributed by atoms with van der Waals surface area (Å²) in [6.07, 6.45) is 1.14. The zero-order chi connectivity index (χ0) is 13.8. The maximum absolute atomic E-state index is 12.0. The number of ether oxygens (including phenoxy) is 1. The monoisotopic (exact) mass is 279 g/mol. The van der Waals surface area contributed by atoms with Gasteiger partial charge in [-0.1, -0.05) is 6.07 Å². The molecule has 1 atom stereocenters. The van der Waals surface area contributed by atoms with E-state index in [1.54, 1.807) is 19.1 Å². The molecular weight excluding hydrogens is 264 g/mol. The molecule has 0 saturated carbocycles. The molecule has 102 valence electrons. The molecule has 1 unspecified atom stereocenters. The third kappa shape index (κ3) is 5.81. The fraction of sp³-hybridized carbons (Fsp3) is 0.455. The molecule has 0 aliphatic heterocycles. The van der Waals surface area contributed by atoms with Crippen molar-refractivity contribution in [2.75, 3.05) is 17.3 Å². The zero-order valence-electron chi connectivity index (χ0n) is 10.1. The minimum atomic E-state index is -3.09. The molecule has 0 spiro atoms. The van der Waals surface area contributed by atoms with Gasteiger partial charge in [-0.25, -0.2) is 8.42 Å². The van der Waals surface area contributed by atoms with Gasteiger partial charge in [0.15, 0.2) is 0 Å². The summed E-state index contributed by atoms with van der Waals surface area (Å²) in [6.45, 7) is -1.18. The van der Waals surface area contributed by atoms with Crippen molar-refractivity contribution >= 4 is 15.5 Å². The summed E-state index contributed by atoms with van der Waals surface area (Å²) in [5.74, 6) is -0.00557. The van der Waals surface area contributed by atoms with Gasteiger partial charge in [-0.05, 0) is 19.1 Å². The van der Waals surface area contributed by atoms with Gasteiger partial charge < -0.3 is 10.1 Å². The van der Waals surface area contributed by atoms with Crippen molar-refractivity contribution in [3.8, 4) is 5.75 Å². The van der Waals surface area contributed by atoms with E-state index in [0.717, 1.165) is 6.26 Å². The summed E-state index contributed by atoms with van der Waals surface area (Å²) >= 11 is 0. The Kier molecular flexibility index (Phi) is 4.89. The third-order valence-electron chi connectivity index (χ3n) is 2.03. The maximum atomic E-state index is 12.0. The summed E-state index contributed by atoms with van der Waals surface area (Å²) in [5.41, 5.74) is 0.532. The van der Waals surface area contributed by atoms with Gasteiger partial charge in [0, 0.05) is 24.1 Å². The van der Waals surface area contributed by atoms with Crippen molar-refractivity contribution < 1.29 is 21.9 Å². The molecule has 1 N–H and O–H groups in total. The summed E-state index contributed by atoms with van der Waals surface area (Å²) in [4.78, 5) is 0. The molecule has 7 heteroatoms. The van der Waals surface area contributed by atoms with E-state index < -0.39 is 16.4 Å². The number of benzene rings is 1. The number of anilines is 1. The van der Waals surface area contributed by atoms with Gasteiger partial charge >= 0.3 is 6.61 Å². The van der Waals surface area contributed by atoms with Crippen LogP contribution in [-0.2, 0) is 9.84 Å². The molecule has 1 aromatic carbocycles. The van der Waals surface area contributed by atoms with Crippen LogP contribution < -0.4 is 10.1 Å². The Morgan fingerprint density at radius 1 is 1.39 bits per heavy atom. The highest BCUT2D eigenvalue weighted by molar-refractivity contribution is 7.90. The predicted molar refractivity (Wildman–Crippen MR) is 65.9 cm³/mol. The quantitative estimate of drug-likeness (QED) is 0.866. The normalized spacial score (nSPS) is 13.4. The number of sulfone groups is 1. The SMILES string of the molecule is CC(CS(C)(=O)=O)Nc1cccc(OC(F)F)c1. The smallest absolute Gasteiger partial charge is 0.387 e. The van der Waals surface area contributed by atoms with Crippen LogP contribution in [0.1, 0.15) is 6.92 Å². The zero-order valence-corrected chi connectivity index (χ0v) is 10.9. The Morgan fingerprint density at radius 3 is 2.61 bits per heavy atom. The first-order valence-electron chi connectivity index (χ1n) is 5.25. The molecular formula is C11H15F2NO3S. The summed E-state index contributed by atoms with van der Waals surface area (Å²) in [7, 11) is -3.09. The van der Waals surface area contributed by atoms with E-state index in [9.17, 15) is 17.2 Å². The van der Waals surface area contributed by atoms with E-state index in [1.807, 2.05) is 0 Å². The van der Waals surface area contributed by atoms with Crippen LogP contribution in [0.4, 0.5) is 14.5 Å². The van der Waals surface area contributed by atoms with Gasteiger partial charge in [0.25, 0.3) is 0 Å². The minimum Gasteiger partial charge on any atom is -0.435 e. The molecule has 4 nitrogen and oxygen atoms in total. The summed E-state index contributed by atoms with van der Waals surface area (Å²) < 4.78 is 50.4. The highest BCUT2D eigenvalue weighted by Crippen LogP contribution is 2.19. The third-order valence-corrected chi connectivity index (χ3v) is 3.13. The van der Waals surface area contributed by atoms with Crippen LogP contribution in [0.5, 0.6) is 5.75 Å². The first kappa shape index (κ1) is 14.7. The number of nitrogens with one attached hydrogen (secondary N) is 1. The number of hydrogen-bond donors (Lipinski definition) is 1. The molecule has 0 amide bonds. The van der Waals surface area contributed by atoms with Crippen LogP contribution >= 0.6 is 0 Å². The molecule has 0 saturated heterocycles.